The number of carbonyl (C=O) groups is 1. The smallest absolute Gasteiger partial charge is 0.338 e. The van der Waals surface area contributed by atoms with E-state index < -0.39 is 6.10 Å². The number of benzene rings is 3. The van der Waals surface area contributed by atoms with E-state index in [2.05, 4.69) is 0 Å². The van der Waals surface area contributed by atoms with Crippen molar-refractivity contribution in [1.29, 1.82) is 0 Å². The highest BCUT2D eigenvalue weighted by Gasteiger charge is 2.24. The molecule has 3 aromatic rings. The molecule has 0 saturated heterocycles. The van der Waals surface area contributed by atoms with Gasteiger partial charge >= 0.3 is 5.97 Å². The number of hydrogen-bond donors (Lipinski definition) is 1. The van der Waals surface area contributed by atoms with Crippen LogP contribution in [0.2, 0.25) is 0 Å². The van der Waals surface area contributed by atoms with E-state index in [4.69, 9.17) is 4.74 Å². The van der Waals surface area contributed by atoms with Crippen molar-refractivity contribution in [1.82, 2.24) is 0 Å². The van der Waals surface area contributed by atoms with Crippen molar-refractivity contribution in [3.05, 3.63) is 101 Å². The van der Waals surface area contributed by atoms with Crippen LogP contribution in [0.3, 0.4) is 0 Å². The van der Waals surface area contributed by atoms with Crippen LogP contribution < -0.4 is 0 Å². The summed E-state index contributed by atoms with van der Waals surface area (Å²) < 4.78 is 5.50. The van der Waals surface area contributed by atoms with E-state index in [1.807, 2.05) is 60.7 Å². The summed E-state index contributed by atoms with van der Waals surface area (Å²) in [6, 6.07) is 22.7. The van der Waals surface area contributed by atoms with Gasteiger partial charge in [0.1, 0.15) is 12.7 Å². The molecule has 4 heteroatoms. The third-order valence-electron chi connectivity index (χ3n) is 4.51. The van der Waals surface area contributed by atoms with Crippen molar-refractivity contribution in [3.8, 4) is 0 Å². The van der Waals surface area contributed by atoms with Crippen LogP contribution in [0.5, 0.6) is 0 Å². The molecule has 1 atom stereocenters. The van der Waals surface area contributed by atoms with Crippen LogP contribution in [0, 0.1) is 0 Å². The Hall–Kier alpha value is -2.56. The van der Waals surface area contributed by atoms with Crippen molar-refractivity contribution < 1.29 is 14.6 Å². The highest BCUT2D eigenvalue weighted by Crippen LogP contribution is 2.41. The zero-order valence-corrected chi connectivity index (χ0v) is 14.9. The largest absolute Gasteiger partial charge is 0.457 e. The molecule has 1 unspecified atom stereocenters. The summed E-state index contributed by atoms with van der Waals surface area (Å²) in [6.07, 6.45) is -0.666. The second kappa shape index (κ2) is 7.36. The van der Waals surface area contributed by atoms with Crippen LogP contribution >= 0.6 is 11.8 Å². The molecule has 3 aromatic carbocycles. The molecule has 3 nitrogen and oxygen atoms in total. The molecule has 26 heavy (non-hydrogen) atoms. The van der Waals surface area contributed by atoms with Gasteiger partial charge in [-0.1, -0.05) is 60.7 Å². The lowest BCUT2D eigenvalue weighted by Gasteiger charge is -2.16. The minimum Gasteiger partial charge on any atom is -0.457 e. The van der Waals surface area contributed by atoms with Crippen LogP contribution in [0.1, 0.15) is 38.7 Å². The van der Waals surface area contributed by atoms with Crippen LogP contribution in [-0.2, 0) is 17.1 Å². The van der Waals surface area contributed by atoms with Gasteiger partial charge in [0.2, 0.25) is 0 Å². The number of thioether (sulfide) groups is 1. The number of rotatable bonds is 3. The first kappa shape index (κ1) is 16.9. The SMILES string of the molecule is O=C(OCc1cccc2c1SCc1ccccc1C2O)c1ccccc1. The number of aliphatic hydroxyl groups excluding tert-OH is 1. The Morgan fingerprint density at radius 1 is 0.962 bits per heavy atom. The van der Waals surface area contributed by atoms with Crippen molar-refractivity contribution in [2.75, 3.05) is 0 Å². The van der Waals surface area contributed by atoms with E-state index in [1.165, 1.54) is 0 Å². The topological polar surface area (TPSA) is 46.5 Å². The average Bonchev–Trinajstić information content (AvgIpc) is 2.84. The Morgan fingerprint density at radius 2 is 1.69 bits per heavy atom. The molecule has 1 N–H and O–H groups in total. The highest BCUT2D eigenvalue weighted by atomic mass is 32.2. The average molecular weight is 362 g/mol. The molecule has 0 fully saturated rings. The number of esters is 1. The van der Waals surface area contributed by atoms with Gasteiger partial charge in [-0.05, 0) is 28.8 Å². The Labute approximate surface area is 156 Å². The number of aliphatic hydroxyl groups is 1. The lowest BCUT2D eigenvalue weighted by atomic mass is 9.96. The summed E-state index contributed by atoms with van der Waals surface area (Å²) in [6.45, 7) is 0.187. The molecule has 0 radical (unpaired) electrons. The minimum absolute atomic E-state index is 0.187. The molecule has 0 amide bonds. The Kier molecular flexibility index (Phi) is 4.78. The van der Waals surface area contributed by atoms with Crippen molar-refractivity contribution >= 4 is 17.7 Å². The molecule has 0 saturated carbocycles. The molecule has 1 aliphatic heterocycles. The Morgan fingerprint density at radius 3 is 2.54 bits per heavy atom. The van der Waals surface area contributed by atoms with Crippen LogP contribution in [0.4, 0.5) is 0 Å². The molecule has 0 aliphatic carbocycles. The summed E-state index contributed by atoms with van der Waals surface area (Å²) in [5.74, 6) is 0.440. The van der Waals surface area contributed by atoms with Gasteiger partial charge < -0.3 is 9.84 Å². The predicted molar refractivity (Wildman–Crippen MR) is 102 cm³/mol. The fourth-order valence-corrected chi connectivity index (χ4v) is 4.38. The Balaban J connectivity index is 1.59. The zero-order valence-electron chi connectivity index (χ0n) is 14.1. The first-order valence-corrected chi connectivity index (χ1v) is 9.45. The monoisotopic (exact) mass is 362 g/mol. The third kappa shape index (κ3) is 3.26. The van der Waals surface area contributed by atoms with E-state index in [-0.39, 0.29) is 12.6 Å². The second-order valence-corrected chi connectivity index (χ2v) is 7.15. The first-order chi connectivity index (χ1) is 12.7. The minimum atomic E-state index is -0.666. The lowest BCUT2D eigenvalue weighted by molar-refractivity contribution is 0.0469. The van der Waals surface area contributed by atoms with Gasteiger partial charge in [-0.2, -0.15) is 0 Å². The van der Waals surface area contributed by atoms with Crippen molar-refractivity contribution in [2.24, 2.45) is 0 Å². The van der Waals surface area contributed by atoms with Crippen molar-refractivity contribution in [3.63, 3.8) is 0 Å². The normalized spacial score (nSPS) is 15.5. The second-order valence-electron chi connectivity index (χ2n) is 6.17. The fourth-order valence-electron chi connectivity index (χ4n) is 3.16. The summed E-state index contributed by atoms with van der Waals surface area (Å²) in [5, 5.41) is 10.9. The van der Waals surface area contributed by atoms with Crippen LogP contribution in [-0.4, -0.2) is 11.1 Å². The number of carbonyl (C=O) groups excluding carboxylic acids is 1. The van der Waals surface area contributed by atoms with E-state index in [9.17, 15) is 9.90 Å². The molecule has 0 aromatic heterocycles. The summed E-state index contributed by atoms with van der Waals surface area (Å²) in [7, 11) is 0. The zero-order chi connectivity index (χ0) is 17.9. The molecular formula is C22H18O3S. The Bertz CT molecular complexity index is 937. The molecule has 1 heterocycles. The van der Waals surface area contributed by atoms with Crippen molar-refractivity contribution in [2.45, 2.75) is 23.4 Å². The van der Waals surface area contributed by atoms with E-state index in [0.717, 1.165) is 32.9 Å². The van der Waals surface area contributed by atoms with E-state index >= 15 is 0 Å². The van der Waals surface area contributed by atoms with E-state index in [1.54, 1.807) is 23.9 Å². The van der Waals surface area contributed by atoms with Crippen LogP contribution in [0.15, 0.2) is 77.7 Å². The summed E-state index contributed by atoms with van der Waals surface area (Å²) >= 11 is 1.68. The van der Waals surface area contributed by atoms with Gasteiger partial charge in [-0.25, -0.2) is 4.79 Å². The standard InChI is InChI=1S/C22H18O3S/c23-20-18-11-5-4-9-17(18)14-26-21-16(10-6-12-19(20)21)13-25-22(24)15-7-2-1-3-8-15/h1-12,20,23H,13-14H2. The summed E-state index contributed by atoms with van der Waals surface area (Å²) in [4.78, 5) is 13.2. The quantitative estimate of drug-likeness (QED) is 0.684. The van der Waals surface area contributed by atoms with Gasteiger partial charge in [0.15, 0.2) is 0 Å². The van der Waals surface area contributed by atoms with Gasteiger partial charge in [-0.3, -0.25) is 0 Å². The van der Waals surface area contributed by atoms with Gasteiger partial charge in [0.25, 0.3) is 0 Å². The number of ether oxygens (including phenoxy) is 1. The van der Waals surface area contributed by atoms with E-state index in [0.29, 0.717) is 5.56 Å². The number of fused-ring (bicyclic) bond motifs is 2. The highest BCUT2D eigenvalue weighted by molar-refractivity contribution is 7.98. The fraction of sp³-hybridized carbons (Fsp3) is 0.136. The predicted octanol–water partition coefficient (Wildman–Crippen LogP) is 4.73. The van der Waals surface area contributed by atoms with Gasteiger partial charge in [0.05, 0.1) is 5.56 Å². The maximum atomic E-state index is 12.2. The lowest BCUT2D eigenvalue weighted by Crippen LogP contribution is -2.07. The molecule has 0 spiro atoms. The van der Waals surface area contributed by atoms with Gasteiger partial charge in [0, 0.05) is 16.2 Å². The summed E-state index contributed by atoms with van der Waals surface area (Å²) in [5.41, 5.74) is 4.40. The number of hydrogen-bond acceptors (Lipinski definition) is 4. The maximum Gasteiger partial charge on any atom is 0.338 e. The molecule has 1 aliphatic rings. The molecular weight excluding hydrogens is 344 g/mol. The van der Waals surface area contributed by atoms with Crippen LogP contribution in [0.25, 0.3) is 0 Å². The third-order valence-corrected chi connectivity index (χ3v) is 5.75. The maximum absolute atomic E-state index is 12.2. The molecule has 4 rings (SSSR count). The van der Waals surface area contributed by atoms with Gasteiger partial charge in [-0.15, -0.1) is 11.8 Å². The molecule has 130 valence electrons. The molecule has 0 bridgehead atoms. The first-order valence-electron chi connectivity index (χ1n) is 8.46.